The van der Waals surface area contributed by atoms with E-state index in [1.807, 2.05) is 12.1 Å². The highest BCUT2D eigenvalue weighted by Crippen LogP contribution is 2.11. The Labute approximate surface area is 124 Å². The van der Waals surface area contributed by atoms with Crippen LogP contribution in [0, 0.1) is 0 Å². The molecular formula is C16H21N3O2. The third kappa shape index (κ3) is 4.95. The lowest BCUT2D eigenvalue weighted by Crippen LogP contribution is -2.24. The predicted molar refractivity (Wildman–Crippen MR) is 82.1 cm³/mol. The Morgan fingerprint density at radius 3 is 3.00 bits per heavy atom. The van der Waals surface area contributed by atoms with Gasteiger partial charge in [-0.2, -0.15) is 0 Å². The van der Waals surface area contributed by atoms with Gasteiger partial charge in [-0.1, -0.05) is 19.8 Å². The molecule has 0 aliphatic rings. The Kier molecular flexibility index (Phi) is 5.82. The van der Waals surface area contributed by atoms with Crippen molar-refractivity contribution in [2.24, 2.45) is 0 Å². The van der Waals surface area contributed by atoms with E-state index in [0.29, 0.717) is 18.7 Å². The molecule has 0 unspecified atom stereocenters. The Morgan fingerprint density at radius 2 is 2.24 bits per heavy atom. The lowest BCUT2D eigenvalue weighted by molar-refractivity contribution is 0.0952. The van der Waals surface area contributed by atoms with Crippen molar-refractivity contribution >= 4 is 11.6 Å². The first kappa shape index (κ1) is 15.1. The van der Waals surface area contributed by atoms with E-state index in [-0.39, 0.29) is 5.91 Å². The van der Waals surface area contributed by atoms with E-state index in [9.17, 15) is 4.79 Å². The Bertz CT molecular complexity index is 552. The van der Waals surface area contributed by atoms with E-state index in [2.05, 4.69) is 22.5 Å². The molecule has 0 saturated carbocycles. The van der Waals surface area contributed by atoms with Gasteiger partial charge in [-0.15, -0.1) is 0 Å². The molecule has 0 aromatic carbocycles. The summed E-state index contributed by atoms with van der Waals surface area (Å²) in [5.41, 5.74) is 1.36. The molecule has 0 aliphatic carbocycles. The van der Waals surface area contributed by atoms with Crippen molar-refractivity contribution in [1.82, 2.24) is 10.3 Å². The fourth-order valence-corrected chi connectivity index (χ4v) is 1.94. The highest BCUT2D eigenvalue weighted by molar-refractivity contribution is 5.94. The summed E-state index contributed by atoms with van der Waals surface area (Å²) < 4.78 is 5.25. The molecule has 2 aromatic rings. The fraction of sp³-hybridized carbons (Fsp3) is 0.375. The number of carbonyl (C=O) groups excluding carboxylic acids is 1. The number of nitrogens with one attached hydrogen (secondary N) is 2. The van der Waals surface area contributed by atoms with Gasteiger partial charge in [-0.05, 0) is 24.6 Å². The van der Waals surface area contributed by atoms with Gasteiger partial charge >= 0.3 is 0 Å². The van der Waals surface area contributed by atoms with Crippen molar-refractivity contribution in [1.29, 1.82) is 0 Å². The monoisotopic (exact) mass is 287 g/mol. The number of hydrogen-bond acceptors (Lipinski definition) is 4. The third-order valence-electron chi connectivity index (χ3n) is 3.11. The first-order valence-corrected chi connectivity index (χ1v) is 7.29. The summed E-state index contributed by atoms with van der Waals surface area (Å²) in [5, 5.41) is 6.09. The van der Waals surface area contributed by atoms with E-state index in [0.717, 1.165) is 30.7 Å². The van der Waals surface area contributed by atoms with Crippen LogP contribution in [0.1, 0.15) is 42.3 Å². The van der Waals surface area contributed by atoms with Crippen LogP contribution in [0.25, 0.3) is 0 Å². The lowest BCUT2D eigenvalue weighted by Gasteiger charge is -2.07. The maximum absolute atomic E-state index is 12.0. The highest BCUT2D eigenvalue weighted by Gasteiger charge is 2.06. The molecule has 0 spiro atoms. The molecule has 5 nitrogen and oxygen atoms in total. The molecule has 0 radical (unpaired) electrons. The number of unbranched alkanes of at least 4 members (excludes halogenated alkanes) is 2. The summed E-state index contributed by atoms with van der Waals surface area (Å²) in [7, 11) is 0. The second-order valence-electron chi connectivity index (χ2n) is 4.86. The summed E-state index contributed by atoms with van der Waals surface area (Å²) in [4.78, 5) is 16.1. The summed E-state index contributed by atoms with van der Waals surface area (Å²) in [5.74, 6) is 0.754. The standard InChI is InChI=1S/C16H21N3O2/c1-2-3-4-7-18-16(20)13-9-14(11-17-10-13)19-12-15-6-5-8-21-15/h5-6,8-11,19H,2-4,7,12H2,1H3,(H,18,20). The summed E-state index contributed by atoms with van der Waals surface area (Å²) in [6, 6.07) is 5.53. The van der Waals surface area contributed by atoms with Crippen LogP contribution in [-0.2, 0) is 6.54 Å². The zero-order chi connectivity index (χ0) is 14.9. The van der Waals surface area contributed by atoms with Crippen molar-refractivity contribution in [3.63, 3.8) is 0 Å². The molecule has 1 amide bonds. The van der Waals surface area contributed by atoms with Crippen LogP contribution < -0.4 is 10.6 Å². The zero-order valence-corrected chi connectivity index (χ0v) is 12.3. The lowest BCUT2D eigenvalue weighted by atomic mass is 10.2. The van der Waals surface area contributed by atoms with Crippen LogP contribution >= 0.6 is 0 Å². The molecule has 2 heterocycles. The molecule has 21 heavy (non-hydrogen) atoms. The fourth-order valence-electron chi connectivity index (χ4n) is 1.94. The minimum atomic E-state index is -0.0831. The van der Waals surface area contributed by atoms with Crippen LogP contribution in [0.2, 0.25) is 0 Å². The summed E-state index contributed by atoms with van der Waals surface area (Å²) in [6.45, 7) is 3.41. The van der Waals surface area contributed by atoms with Crippen molar-refractivity contribution in [2.75, 3.05) is 11.9 Å². The molecular weight excluding hydrogens is 266 g/mol. The molecule has 0 atom stereocenters. The molecule has 112 valence electrons. The van der Waals surface area contributed by atoms with E-state index in [1.165, 1.54) is 0 Å². The van der Waals surface area contributed by atoms with Gasteiger partial charge in [-0.3, -0.25) is 9.78 Å². The largest absolute Gasteiger partial charge is 0.467 e. The molecule has 0 bridgehead atoms. The van der Waals surface area contributed by atoms with Crippen LogP contribution in [0.5, 0.6) is 0 Å². The Morgan fingerprint density at radius 1 is 1.33 bits per heavy atom. The first-order chi connectivity index (χ1) is 10.3. The third-order valence-corrected chi connectivity index (χ3v) is 3.11. The molecule has 0 aliphatic heterocycles. The number of anilines is 1. The minimum Gasteiger partial charge on any atom is -0.467 e. The number of rotatable bonds is 8. The number of hydrogen-bond donors (Lipinski definition) is 2. The number of nitrogens with zero attached hydrogens (tertiary/aromatic N) is 1. The van der Waals surface area contributed by atoms with Crippen molar-refractivity contribution in [3.8, 4) is 0 Å². The van der Waals surface area contributed by atoms with Gasteiger partial charge in [0.05, 0.1) is 24.1 Å². The second-order valence-corrected chi connectivity index (χ2v) is 4.86. The molecule has 0 saturated heterocycles. The number of furan rings is 1. The van der Waals surface area contributed by atoms with E-state index in [4.69, 9.17) is 4.42 Å². The van der Waals surface area contributed by atoms with Crippen molar-refractivity contribution < 1.29 is 9.21 Å². The summed E-state index contributed by atoms with van der Waals surface area (Å²) in [6.07, 6.45) is 8.18. The average molecular weight is 287 g/mol. The Balaban J connectivity index is 1.86. The van der Waals surface area contributed by atoms with Crippen molar-refractivity contribution in [2.45, 2.75) is 32.7 Å². The van der Waals surface area contributed by atoms with Gasteiger partial charge in [0, 0.05) is 18.9 Å². The molecule has 2 N–H and O–H groups in total. The Hall–Kier alpha value is -2.30. The van der Waals surface area contributed by atoms with Gasteiger partial charge in [0.15, 0.2) is 0 Å². The molecule has 0 fully saturated rings. The van der Waals surface area contributed by atoms with E-state index in [1.54, 1.807) is 24.7 Å². The van der Waals surface area contributed by atoms with Gasteiger partial charge in [0.25, 0.3) is 5.91 Å². The van der Waals surface area contributed by atoms with Crippen LogP contribution in [0.3, 0.4) is 0 Å². The van der Waals surface area contributed by atoms with Gasteiger partial charge in [0.2, 0.25) is 0 Å². The number of pyridine rings is 1. The smallest absolute Gasteiger partial charge is 0.252 e. The van der Waals surface area contributed by atoms with Crippen LogP contribution in [0.15, 0.2) is 41.3 Å². The predicted octanol–water partition coefficient (Wildman–Crippen LogP) is 3.21. The number of aromatic nitrogens is 1. The number of carbonyl (C=O) groups is 1. The van der Waals surface area contributed by atoms with Gasteiger partial charge in [0.1, 0.15) is 5.76 Å². The van der Waals surface area contributed by atoms with Gasteiger partial charge < -0.3 is 15.1 Å². The average Bonchev–Trinajstić information content (AvgIpc) is 3.03. The van der Waals surface area contributed by atoms with E-state index >= 15 is 0 Å². The summed E-state index contributed by atoms with van der Waals surface area (Å²) >= 11 is 0. The van der Waals surface area contributed by atoms with Crippen LogP contribution in [0.4, 0.5) is 5.69 Å². The second kappa shape index (κ2) is 8.09. The quantitative estimate of drug-likeness (QED) is 0.732. The van der Waals surface area contributed by atoms with Crippen LogP contribution in [-0.4, -0.2) is 17.4 Å². The molecule has 2 rings (SSSR count). The molecule has 2 aromatic heterocycles. The topological polar surface area (TPSA) is 67.2 Å². The number of amides is 1. The van der Waals surface area contributed by atoms with Gasteiger partial charge in [-0.25, -0.2) is 0 Å². The maximum Gasteiger partial charge on any atom is 0.252 e. The molecule has 5 heteroatoms. The SMILES string of the molecule is CCCCCNC(=O)c1cncc(NCc2ccco2)c1. The zero-order valence-electron chi connectivity index (χ0n) is 12.3. The first-order valence-electron chi connectivity index (χ1n) is 7.29. The minimum absolute atomic E-state index is 0.0831. The highest BCUT2D eigenvalue weighted by atomic mass is 16.3. The normalized spacial score (nSPS) is 10.3. The van der Waals surface area contributed by atoms with Crippen molar-refractivity contribution in [3.05, 3.63) is 48.2 Å². The maximum atomic E-state index is 12.0. The van der Waals surface area contributed by atoms with E-state index < -0.39 is 0 Å².